The lowest BCUT2D eigenvalue weighted by atomic mass is 10.1. The van der Waals surface area contributed by atoms with Crippen LogP contribution in [0.4, 0.5) is 0 Å². The molecule has 3 rings (SSSR count). The average Bonchev–Trinajstić information content (AvgIpc) is 2.86. The first-order valence-electron chi connectivity index (χ1n) is 7.28. The largest absolute Gasteiger partial charge is 0.385 e. The summed E-state index contributed by atoms with van der Waals surface area (Å²) in [5.41, 5.74) is 2.07. The Hall–Kier alpha value is -1.07. The Morgan fingerprint density at radius 3 is 3.25 bits per heavy atom. The maximum absolute atomic E-state index is 5.17. The van der Waals surface area contributed by atoms with Crippen LogP contribution < -0.4 is 0 Å². The number of aryl methyl sites for hydroxylation is 1. The summed E-state index contributed by atoms with van der Waals surface area (Å²) in [5.74, 6) is 3.64. The van der Waals surface area contributed by atoms with Crippen molar-refractivity contribution >= 4 is 22.9 Å². The quantitative estimate of drug-likeness (QED) is 0.794. The molecule has 108 valence electrons. The summed E-state index contributed by atoms with van der Waals surface area (Å²) in [5, 5.41) is 0. The second-order valence-corrected chi connectivity index (χ2v) is 6.36. The molecule has 1 saturated heterocycles. The monoisotopic (exact) mass is 291 g/mol. The van der Waals surface area contributed by atoms with Crippen LogP contribution in [-0.4, -0.2) is 39.8 Å². The van der Waals surface area contributed by atoms with Gasteiger partial charge in [-0.25, -0.2) is 9.97 Å². The Bertz CT molecular complexity index is 563. The molecule has 0 N–H and O–H groups in total. The summed E-state index contributed by atoms with van der Waals surface area (Å²) in [4.78, 5) is 9.36. The summed E-state index contributed by atoms with van der Waals surface area (Å²) in [7, 11) is 1.75. The van der Waals surface area contributed by atoms with Gasteiger partial charge >= 0.3 is 0 Å². The Kier molecular flexibility index (Phi) is 4.58. The van der Waals surface area contributed by atoms with Crippen LogP contribution in [-0.2, 0) is 11.2 Å². The molecule has 0 saturated carbocycles. The third kappa shape index (κ3) is 2.83. The van der Waals surface area contributed by atoms with Crippen molar-refractivity contribution in [1.82, 2.24) is 14.5 Å². The second-order valence-electron chi connectivity index (χ2n) is 5.21. The Balaban J connectivity index is 1.94. The van der Waals surface area contributed by atoms with Crippen molar-refractivity contribution in [3.8, 4) is 0 Å². The Labute approximate surface area is 123 Å². The number of nitrogens with zero attached hydrogens (tertiary/aromatic N) is 3. The molecule has 2 aromatic heterocycles. The first-order chi connectivity index (χ1) is 9.90. The van der Waals surface area contributed by atoms with Crippen molar-refractivity contribution in [2.24, 2.45) is 0 Å². The highest BCUT2D eigenvalue weighted by molar-refractivity contribution is 7.99. The fourth-order valence-electron chi connectivity index (χ4n) is 2.84. The third-order valence-electron chi connectivity index (χ3n) is 3.77. The minimum Gasteiger partial charge on any atom is -0.385 e. The number of thioether (sulfide) groups is 1. The topological polar surface area (TPSA) is 39.9 Å². The van der Waals surface area contributed by atoms with Crippen LogP contribution in [0.25, 0.3) is 11.2 Å². The van der Waals surface area contributed by atoms with E-state index in [1.807, 2.05) is 24.0 Å². The van der Waals surface area contributed by atoms with Gasteiger partial charge in [-0.1, -0.05) is 0 Å². The Morgan fingerprint density at radius 2 is 2.45 bits per heavy atom. The molecule has 0 aromatic carbocycles. The molecule has 1 aliphatic heterocycles. The number of pyridine rings is 1. The molecule has 0 radical (unpaired) electrons. The smallest absolute Gasteiger partial charge is 0.160 e. The van der Waals surface area contributed by atoms with Crippen molar-refractivity contribution in [1.29, 1.82) is 0 Å². The van der Waals surface area contributed by atoms with Crippen molar-refractivity contribution < 1.29 is 4.74 Å². The molecule has 5 heteroatoms. The van der Waals surface area contributed by atoms with Crippen LogP contribution in [0.5, 0.6) is 0 Å². The highest BCUT2D eigenvalue weighted by Crippen LogP contribution is 2.30. The summed E-state index contributed by atoms with van der Waals surface area (Å²) in [6.07, 6.45) is 6.38. The number of hydrogen-bond donors (Lipinski definition) is 0. The number of methoxy groups -OCH3 is 1. The number of hydrogen-bond acceptors (Lipinski definition) is 4. The minimum atomic E-state index is 0.547. The molecule has 0 aliphatic carbocycles. The van der Waals surface area contributed by atoms with E-state index in [2.05, 4.69) is 15.6 Å². The predicted octanol–water partition coefficient (Wildman–Crippen LogP) is 3.08. The lowest BCUT2D eigenvalue weighted by molar-refractivity contribution is 0.194. The normalized spacial score (nSPS) is 19.6. The SMILES string of the molecule is COCCCc1nc2cccnc2n1C1CCCSC1. The van der Waals surface area contributed by atoms with E-state index >= 15 is 0 Å². The van der Waals surface area contributed by atoms with E-state index in [1.165, 1.54) is 30.2 Å². The Morgan fingerprint density at radius 1 is 1.50 bits per heavy atom. The number of rotatable bonds is 5. The molecule has 2 aromatic rings. The first-order valence-corrected chi connectivity index (χ1v) is 8.44. The summed E-state index contributed by atoms with van der Waals surface area (Å²) in [6.45, 7) is 0.788. The van der Waals surface area contributed by atoms with Gasteiger partial charge in [-0.3, -0.25) is 0 Å². The van der Waals surface area contributed by atoms with Crippen molar-refractivity contribution in [2.75, 3.05) is 25.2 Å². The molecule has 0 bridgehead atoms. The third-order valence-corrected chi connectivity index (χ3v) is 4.97. The lowest BCUT2D eigenvalue weighted by Gasteiger charge is -2.24. The molecule has 3 heterocycles. The molecule has 1 unspecified atom stereocenters. The van der Waals surface area contributed by atoms with Crippen LogP contribution in [0.15, 0.2) is 18.3 Å². The fourth-order valence-corrected chi connectivity index (χ4v) is 3.96. The average molecular weight is 291 g/mol. The first kappa shape index (κ1) is 13.9. The lowest BCUT2D eigenvalue weighted by Crippen LogP contribution is -2.19. The molecular weight excluding hydrogens is 270 g/mol. The van der Waals surface area contributed by atoms with Gasteiger partial charge in [0.25, 0.3) is 0 Å². The standard InChI is InChI=1S/C15H21N3OS/c1-19-9-3-7-14-17-13-6-2-8-16-15(13)18(14)12-5-4-10-20-11-12/h2,6,8,12H,3-5,7,9-11H2,1H3. The molecule has 4 nitrogen and oxygen atoms in total. The van der Waals surface area contributed by atoms with Gasteiger partial charge in [0.1, 0.15) is 11.3 Å². The molecule has 0 spiro atoms. The number of ether oxygens (including phenoxy) is 1. The van der Waals surface area contributed by atoms with Gasteiger partial charge in [0.15, 0.2) is 5.65 Å². The summed E-state index contributed by atoms with van der Waals surface area (Å²) >= 11 is 2.05. The van der Waals surface area contributed by atoms with Crippen LogP contribution >= 0.6 is 11.8 Å². The van der Waals surface area contributed by atoms with Crippen LogP contribution in [0.3, 0.4) is 0 Å². The van der Waals surface area contributed by atoms with E-state index < -0.39 is 0 Å². The van der Waals surface area contributed by atoms with Gasteiger partial charge in [0, 0.05) is 38.1 Å². The maximum atomic E-state index is 5.17. The second kappa shape index (κ2) is 6.59. The molecule has 1 aliphatic rings. The van der Waals surface area contributed by atoms with Gasteiger partial charge < -0.3 is 9.30 Å². The maximum Gasteiger partial charge on any atom is 0.160 e. The van der Waals surface area contributed by atoms with E-state index in [4.69, 9.17) is 9.72 Å². The number of aromatic nitrogens is 3. The molecular formula is C15H21N3OS. The minimum absolute atomic E-state index is 0.547. The number of imidazole rings is 1. The zero-order valence-corrected chi connectivity index (χ0v) is 12.7. The van der Waals surface area contributed by atoms with Gasteiger partial charge in [-0.05, 0) is 37.1 Å². The fraction of sp³-hybridized carbons (Fsp3) is 0.600. The van der Waals surface area contributed by atoms with Crippen LogP contribution in [0.1, 0.15) is 31.1 Å². The predicted molar refractivity (Wildman–Crippen MR) is 83.3 cm³/mol. The summed E-state index contributed by atoms with van der Waals surface area (Å²) < 4.78 is 7.55. The zero-order valence-electron chi connectivity index (χ0n) is 11.9. The van der Waals surface area contributed by atoms with Gasteiger partial charge in [-0.15, -0.1) is 0 Å². The van der Waals surface area contributed by atoms with E-state index in [-0.39, 0.29) is 0 Å². The van der Waals surface area contributed by atoms with E-state index in [0.29, 0.717) is 6.04 Å². The molecule has 1 atom stereocenters. The molecule has 20 heavy (non-hydrogen) atoms. The van der Waals surface area contributed by atoms with E-state index in [9.17, 15) is 0 Å². The highest BCUT2D eigenvalue weighted by Gasteiger charge is 2.21. The molecule has 1 fully saturated rings. The van der Waals surface area contributed by atoms with Gasteiger partial charge in [0.2, 0.25) is 0 Å². The van der Waals surface area contributed by atoms with Crippen molar-refractivity contribution in [2.45, 2.75) is 31.7 Å². The molecule has 0 amide bonds. The van der Waals surface area contributed by atoms with Crippen molar-refractivity contribution in [3.05, 3.63) is 24.2 Å². The van der Waals surface area contributed by atoms with Crippen molar-refractivity contribution in [3.63, 3.8) is 0 Å². The zero-order chi connectivity index (χ0) is 13.8. The van der Waals surface area contributed by atoms with Gasteiger partial charge in [0.05, 0.1) is 0 Å². The van der Waals surface area contributed by atoms with E-state index in [0.717, 1.165) is 30.6 Å². The van der Waals surface area contributed by atoms with Gasteiger partial charge in [-0.2, -0.15) is 11.8 Å². The highest BCUT2D eigenvalue weighted by atomic mass is 32.2. The van der Waals surface area contributed by atoms with Crippen LogP contribution in [0.2, 0.25) is 0 Å². The number of fused-ring (bicyclic) bond motifs is 1. The summed E-state index contributed by atoms with van der Waals surface area (Å²) in [6, 6.07) is 4.58. The van der Waals surface area contributed by atoms with E-state index in [1.54, 1.807) is 7.11 Å². The van der Waals surface area contributed by atoms with Crippen LogP contribution in [0, 0.1) is 0 Å².